The molecule has 1 N–H and O–H groups in total. The van der Waals surface area contributed by atoms with Crippen LogP contribution in [0.5, 0.6) is 0 Å². The Morgan fingerprint density at radius 3 is 2.76 bits per heavy atom. The van der Waals surface area contributed by atoms with Crippen molar-refractivity contribution in [2.24, 2.45) is 0 Å². The molecule has 94 valence electrons. The maximum Gasteiger partial charge on any atom is 0.291 e. The summed E-state index contributed by atoms with van der Waals surface area (Å²) in [6.45, 7) is 6.76. The minimum atomic E-state index is -0.353. The van der Waals surface area contributed by atoms with Gasteiger partial charge in [-0.3, -0.25) is 15.1 Å². The maximum absolute atomic E-state index is 10.9. The summed E-state index contributed by atoms with van der Waals surface area (Å²) in [5, 5.41) is 14.2. The van der Waals surface area contributed by atoms with Gasteiger partial charge in [-0.05, 0) is 25.5 Å². The minimum Gasteiger partial charge on any atom is -0.314 e. The smallest absolute Gasteiger partial charge is 0.291 e. The lowest BCUT2D eigenvalue weighted by molar-refractivity contribution is -0.386. The van der Waals surface area contributed by atoms with Crippen LogP contribution in [0.2, 0.25) is 0 Å². The fourth-order valence-electron chi connectivity index (χ4n) is 1.78. The molecule has 0 saturated carbocycles. The molecule has 1 aromatic heterocycles. The molecule has 0 spiro atoms. The third kappa shape index (κ3) is 3.78. The molecule has 5 nitrogen and oxygen atoms in total. The van der Waals surface area contributed by atoms with E-state index in [0.717, 1.165) is 18.5 Å². The molecule has 0 fully saturated rings. The van der Waals surface area contributed by atoms with E-state index in [1.165, 1.54) is 0 Å². The van der Waals surface area contributed by atoms with Crippen LogP contribution < -0.4 is 5.32 Å². The Hall–Kier alpha value is -1.49. The molecule has 0 amide bonds. The molecule has 17 heavy (non-hydrogen) atoms. The molecule has 1 aromatic rings. The van der Waals surface area contributed by atoms with Crippen LogP contribution in [0, 0.1) is 17.0 Å². The second-order valence-corrected chi connectivity index (χ2v) is 4.10. The number of pyridine rings is 1. The average molecular weight is 237 g/mol. The summed E-state index contributed by atoms with van der Waals surface area (Å²) >= 11 is 0. The van der Waals surface area contributed by atoms with E-state index in [2.05, 4.69) is 17.2 Å². The van der Waals surface area contributed by atoms with Gasteiger partial charge in [-0.1, -0.05) is 13.8 Å². The highest BCUT2D eigenvalue weighted by molar-refractivity contribution is 5.38. The Morgan fingerprint density at radius 2 is 2.24 bits per heavy atom. The lowest BCUT2D eigenvalue weighted by Gasteiger charge is -2.15. The average Bonchev–Trinajstić information content (AvgIpc) is 2.30. The predicted octanol–water partition coefficient (Wildman–Crippen LogP) is 2.23. The summed E-state index contributed by atoms with van der Waals surface area (Å²) in [5.74, 6) is 0. The number of hydrogen-bond acceptors (Lipinski definition) is 4. The molecule has 0 radical (unpaired) electrons. The van der Waals surface area contributed by atoms with Crippen molar-refractivity contribution in [3.63, 3.8) is 0 Å². The largest absolute Gasteiger partial charge is 0.314 e. The van der Waals surface area contributed by atoms with Gasteiger partial charge >= 0.3 is 0 Å². The first-order valence-electron chi connectivity index (χ1n) is 5.91. The van der Waals surface area contributed by atoms with Gasteiger partial charge in [0.2, 0.25) is 0 Å². The Morgan fingerprint density at radius 1 is 1.53 bits per heavy atom. The van der Waals surface area contributed by atoms with Gasteiger partial charge in [-0.15, -0.1) is 0 Å². The van der Waals surface area contributed by atoms with E-state index in [-0.39, 0.29) is 16.7 Å². The number of nitrogens with zero attached hydrogens (tertiary/aromatic N) is 2. The van der Waals surface area contributed by atoms with Crippen LogP contribution >= 0.6 is 0 Å². The third-order valence-electron chi connectivity index (χ3n) is 2.71. The van der Waals surface area contributed by atoms with Gasteiger partial charge in [-0.2, -0.15) is 0 Å². The Balaban J connectivity index is 2.92. The number of aryl methyl sites for hydroxylation is 1. The van der Waals surface area contributed by atoms with E-state index < -0.39 is 0 Å². The Kier molecular flexibility index (Phi) is 5.03. The molecule has 0 saturated heterocycles. The number of likely N-dealkylation sites (N-methyl/N-ethyl adjacent to an activating group) is 1. The molecule has 1 atom stereocenters. The van der Waals surface area contributed by atoms with Gasteiger partial charge in [0.15, 0.2) is 0 Å². The second kappa shape index (κ2) is 6.30. The minimum absolute atomic E-state index is 0.126. The zero-order chi connectivity index (χ0) is 12.8. The summed E-state index contributed by atoms with van der Waals surface area (Å²) in [7, 11) is 0. The quantitative estimate of drug-likeness (QED) is 0.608. The van der Waals surface area contributed by atoms with E-state index in [4.69, 9.17) is 0 Å². The fraction of sp³-hybridized carbons (Fsp3) is 0.583. The summed E-state index contributed by atoms with van der Waals surface area (Å²) < 4.78 is 0. The van der Waals surface area contributed by atoms with Crippen LogP contribution in [0.25, 0.3) is 0 Å². The lowest BCUT2D eigenvalue weighted by atomic mass is 10.1. The van der Waals surface area contributed by atoms with Crippen LogP contribution in [0.3, 0.4) is 0 Å². The van der Waals surface area contributed by atoms with Gasteiger partial charge in [0.25, 0.3) is 5.69 Å². The van der Waals surface area contributed by atoms with Crippen molar-refractivity contribution >= 4 is 5.69 Å². The van der Waals surface area contributed by atoms with Gasteiger partial charge in [0.05, 0.1) is 4.92 Å². The first-order chi connectivity index (χ1) is 8.08. The van der Waals surface area contributed by atoms with Crippen molar-refractivity contribution in [1.82, 2.24) is 10.3 Å². The molecule has 0 aliphatic heterocycles. The maximum atomic E-state index is 10.9. The normalized spacial score (nSPS) is 12.4. The first-order valence-corrected chi connectivity index (χ1v) is 5.91. The highest BCUT2D eigenvalue weighted by Gasteiger charge is 2.18. The topological polar surface area (TPSA) is 68.1 Å². The number of rotatable bonds is 6. The number of nitro groups is 1. The van der Waals surface area contributed by atoms with E-state index in [1.54, 1.807) is 12.3 Å². The molecule has 0 bridgehead atoms. The second-order valence-electron chi connectivity index (χ2n) is 4.10. The molecule has 5 heteroatoms. The van der Waals surface area contributed by atoms with Crippen molar-refractivity contribution in [3.05, 3.63) is 33.6 Å². The van der Waals surface area contributed by atoms with Crippen LogP contribution in [-0.4, -0.2) is 22.5 Å². The van der Waals surface area contributed by atoms with Crippen molar-refractivity contribution in [3.8, 4) is 0 Å². The third-order valence-corrected chi connectivity index (χ3v) is 2.71. The van der Waals surface area contributed by atoms with Gasteiger partial charge in [0.1, 0.15) is 5.69 Å². The zero-order valence-corrected chi connectivity index (χ0v) is 10.6. The molecule has 1 heterocycles. The molecule has 0 aromatic carbocycles. The molecule has 1 rings (SSSR count). The summed E-state index contributed by atoms with van der Waals surface area (Å²) in [6.07, 6.45) is 3.21. The van der Waals surface area contributed by atoms with Crippen molar-refractivity contribution < 1.29 is 4.92 Å². The van der Waals surface area contributed by atoms with Crippen LogP contribution in [0.1, 0.15) is 31.5 Å². The van der Waals surface area contributed by atoms with Gasteiger partial charge in [0, 0.05) is 24.7 Å². The van der Waals surface area contributed by atoms with E-state index in [9.17, 15) is 10.1 Å². The van der Waals surface area contributed by atoms with E-state index >= 15 is 0 Å². The summed E-state index contributed by atoms with van der Waals surface area (Å²) in [5.41, 5.74) is 1.51. The number of hydrogen-bond donors (Lipinski definition) is 1. The van der Waals surface area contributed by atoms with Crippen LogP contribution in [0.4, 0.5) is 5.69 Å². The molecule has 0 aliphatic rings. The SMILES string of the molecule is CCNC(CC)Cc1ncc(C)cc1[N+](=O)[O-]. The highest BCUT2D eigenvalue weighted by Crippen LogP contribution is 2.19. The highest BCUT2D eigenvalue weighted by atomic mass is 16.6. The van der Waals surface area contributed by atoms with Crippen molar-refractivity contribution in [2.75, 3.05) is 6.54 Å². The zero-order valence-electron chi connectivity index (χ0n) is 10.6. The van der Waals surface area contributed by atoms with Crippen LogP contribution in [-0.2, 0) is 6.42 Å². The summed E-state index contributed by atoms with van der Waals surface area (Å²) in [6, 6.07) is 1.83. The van der Waals surface area contributed by atoms with E-state index in [0.29, 0.717) is 12.1 Å². The number of nitrogens with one attached hydrogen (secondary N) is 1. The molecule has 0 aliphatic carbocycles. The molecular weight excluding hydrogens is 218 g/mol. The standard InChI is InChI=1S/C12H19N3O2/c1-4-10(13-5-2)7-11-12(15(16)17)6-9(3)8-14-11/h6,8,10,13H,4-5,7H2,1-3H3. The Labute approximate surface area is 101 Å². The van der Waals surface area contributed by atoms with Gasteiger partial charge < -0.3 is 5.32 Å². The van der Waals surface area contributed by atoms with Crippen LogP contribution in [0.15, 0.2) is 12.3 Å². The summed E-state index contributed by atoms with van der Waals surface area (Å²) in [4.78, 5) is 14.8. The Bertz CT molecular complexity index is 393. The monoisotopic (exact) mass is 237 g/mol. The van der Waals surface area contributed by atoms with Crippen molar-refractivity contribution in [2.45, 2.75) is 39.7 Å². The number of aromatic nitrogens is 1. The predicted molar refractivity (Wildman–Crippen MR) is 67.1 cm³/mol. The van der Waals surface area contributed by atoms with E-state index in [1.807, 2.05) is 13.8 Å². The molecular formula is C12H19N3O2. The molecule has 1 unspecified atom stereocenters. The van der Waals surface area contributed by atoms with Gasteiger partial charge in [-0.25, -0.2) is 0 Å². The lowest BCUT2D eigenvalue weighted by Crippen LogP contribution is -2.30. The first kappa shape index (κ1) is 13.6. The fourth-order valence-corrected chi connectivity index (χ4v) is 1.78. The van der Waals surface area contributed by atoms with Crippen molar-refractivity contribution in [1.29, 1.82) is 0 Å².